The Kier molecular flexibility index (Phi) is 6.49. The van der Waals surface area contributed by atoms with Crippen LogP contribution in [0.4, 0.5) is 11.4 Å². The maximum absolute atomic E-state index is 14.3. The molecule has 1 N–H and O–H groups in total. The number of hydrogen-bond donors (Lipinski definition) is 1. The van der Waals surface area contributed by atoms with Crippen molar-refractivity contribution < 1.29 is 14.3 Å². The van der Waals surface area contributed by atoms with Gasteiger partial charge in [0.1, 0.15) is 5.75 Å². The smallest absolute Gasteiger partial charge is 0.259 e. The molecule has 0 unspecified atom stereocenters. The van der Waals surface area contributed by atoms with Crippen LogP contribution in [0.15, 0.2) is 114 Å². The van der Waals surface area contributed by atoms with Crippen LogP contribution in [0.25, 0.3) is 0 Å². The van der Waals surface area contributed by atoms with Gasteiger partial charge in [-0.15, -0.1) is 0 Å². The van der Waals surface area contributed by atoms with Crippen molar-refractivity contribution in [2.75, 3.05) is 17.3 Å². The molecule has 0 aromatic heterocycles. The zero-order valence-corrected chi connectivity index (χ0v) is 22.1. The van der Waals surface area contributed by atoms with Crippen molar-refractivity contribution in [2.24, 2.45) is 0 Å². The molecule has 2 atom stereocenters. The summed E-state index contributed by atoms with van der Waals surface area (Å²) in [6.45, 7) is 2.07. The standard InChI is InChI=1S/C34H30N2O3/c1-22-12-14-23(15-13-22)26-20-29-32(31(37)21-26)33(24-16-18-27(39-2)19-17-24)36(30-11-7-6-10-28(30)35-29)34(38)25-8-4-3-5-9-25/h3-19,26,33,35H,20-21H2,1-2H3/t26-,33-/m1/s1. The minimum absolute atomic E-state index is 0.0498. The Hall–Kier alpha value is -4.64. The fourth-order valence-electron chi connectivity index (χ4n) is 5.71. The molecule has 0 spiro atoms. The number of ketones is 1. The van der Waals surface area contributed by atoms with Gasteiger partial charge in [0.15, 0.2) is 5.78 Å². The molecular formula is C34H30N2O3. The molecular weight excluding hydrogens is 484 g/mol. The molecule has 39 heavy (non-hydrogen) atoms. The summed E-state index contributed by atoms with van der Waals surface area (Å²) in [7, 11) is 1.63. The van der Waals surface area contributed by atoms with E-state index >= 15 is 0 Å². The van der Waals surface area contributed by atoms with Crippen LogP contribution in [0.5, 0.6) is 5.75 Å². The molecule has 4 aromatic carbocycles. The van der Waals surface area contributed by atoms with Gasteiger partial charge in [-0.1, -0.05) is 72.3 Å². The maximum Gasteiger partial charge on any atom is 0.259 e. The van der Waals surface area contributed by atoms with Crippen LogP contribution in [-0.4, -0.2) is 18.8 Å². The highest BCUT2D eigenvalue weighted by atomic mass is 16.5. The Labute approximate surface area is 228 Å². The number of aryl methyl sites for hydroxylation is 1. The first-order valence-electron chi connectivity index (χ1n) is 13.2. The van der Waals surface area contributed by atoms with Crippen molar-refractivity contribution in [3.63, 3.8) is 0 Å². The monoisotopic (exact) mass is 514 g/mol. The third-order valence-electron chi connectivity index (χ3n) is 7.71. The summed E-state index contributed by atoms with van der Waals surface area (Å²) < 4.78 is 5.41. The zero-order valence-electron chi connectivity index (χ0n) is 22.1. The highest BCUT2D eigenvalue weighted by Gasteiger charge is 2.41. The number of nitrogens with one attached hydrogen (secondary N) is 1. The molecule has 5 heteroatoms. The van der Waals surface area contributed by atoms with E-state index in [9.17, 15) is 9.59 Å². The largest absolute Gasteiger partial charge is 0.497 e. The number of allylic oxidation sites excluding steroid dienone is 1. The van der Waals surface area contributed by atoms with E-state index in [0.717, 1.165) is 33.9 Å². The summed E-state index contributed by atoms with van der Waals surface area (Å²) in [5, 5.41) is 3.60. The minimum atomic E-state index is -0.596. The summed E-state index contributed by atoms with van der Waals surface area (Å²) >= 11 is 0. The maximum atomic E-state index is 14.3. The molecule has 2 aliphatic rings. The number of nitrogens with zero attached hydrogens (tertiary/aromatic N) is 1. The number of rotatable bonds is 4. The summed E-state index contributed by atoms with van der Waals surface area (Å²) in [6.07, 6.45) is 1.07. The van der Waals surface area contributed by atoms with Gasteiger partial charge in [-0.05, 0) is 66.8 Å². The lowest BCUT2D eigenvalue weighted by Crippen LogP contribution is -2.38. The second-order valence-electron chi connectivity index (χ2n) is 10.2. The van der Waals surface area contributed by atoms with Crippen LogP contribution in [0.2, 0.25) is 0 Å². The van der Waals surface area contributed by atoms with Gasteiger partial charge in [0, 0.05) is 23.3 Å². The molecule has 0 saturated heterocycles. The first-order chi connectivity index (χ1) is 19.0. The van der Waals surface area contributed by atoms with E-state index in [1.54, 1.807) is 12.0 Å². The number of anilines is 2. The highest BCUT2D eigenvalue weighted by molar-refractivity contribution is 6.12. The van der Waals surface area contributed by atoms with E-state index in [2.05, 4.69) is 36.5 Å². The predicted molar refractivity (Wildman–Crippen MR) is 154 cm³/mol. The Morgan fingerprint density at radius 3 is 2.21 bits per heavy atom. The number of ether oxygens (including phenoxy) is 1. The molecule has 0 radical (unpaired) electrons. The molecule has 0 bridgehead atoms. The van der Waals surface area contributed by atoms with Crippen molar-refractivity contribution in [3.05, 3.63) is 137 Å². The number of methoxy groups -OCH3 is 1. The van der Waals surface area contributed by atoms with Gasteiger partial charge >= 0.3 is 0 Å². The van der Waals surface area contributed by atoms with Crippen molar-refractivity contribution in [1.82, 2.24) is 0 Å². The van der Waals surface area contributed by atoms with Gasteiger partial charge in [0.05, 0.1) is 24.5 Å². The van der Waals surface area contributed by atoms with Crippen LogP contribution >= 0.6 is 0 Å². The third-order valence-corrected chi connectivity index (χ3v) is 7.71. The second kappa shape index (κ2) is 10.3. The molecule has 1 aliphatic heterocycles. The number of carbonyl (C=O) groups is 2. The van der Waals surface area contributed by atoms with Crippen molar-refractivity contribution >= 4 is 23.1 Å². The van der Waals surface area contributed by atoms with Crippen molar-refractivity contribution in [3.8, 4) is 5.75 Å². The first-order valence-corrected chi connectivity index (χ1v) is 13.2. The van der Waals surface area contributed by atoms with E-state index in [1.165, 1.54) is 5.56 Å². The quantitative estimate of drug-likeness (QED) is 0.312. The third kappa shape index (κ3) is 4.61. The van der Waals surface area contributed by atoms with E-state index in [1.807, 2.05) is 78.9 Å². The number of carbonyl (C=O) groups excluding carboxylic acids is 2. The number of amides is 1. The molecule has 6 rings (SSSR count). The topological polar surface area (TPSA) is 58.6 Å². The lowest BCUT2D eigenvalue weighted by Gasteiger charge is -2.35. The minimum Gasteiger partial charge on any atom is -0.497 e. The molecule has 5 nitrogen and oxygen atoms in total. The molecule has 0 saturated carbocycles. The Morgan fingerprint density at radius 1 is 0.821 bits per heavy atom. The Morgan fingerprint density at radius 2 is 1.49 bits per heavy atom. The molecule has 1 heterocycles. The van der Waals surface area contributed by atoms with Crippen LogP contribution in [0, 0.1) is 6.92 Å². The highest BCUT2D eigenvalue weighted by Crippen LogP contribution is 2.48. The van der Waals surface area contributed by atoms with Gasteiger partial charge in [-0.25, -0.2) is 0 Å². The number of benzene rings is 4. The van der Waals surface area contributed by atoms with Crippen molar-refractivity contribution in [1.29, 1.82) is 0 Å². The first kappa shape index (κ1) is 24.7. The van der Waals surface area contributed by atoms with E-state index in [0.29, 0.717) is 24.0 Å². The molecule has 194 valence electrons. The number of Topliss-reactive ketones (excluding diaryl/α,β-unsaturated/α-hetero) is 1. The van der Waals surface area contributed by atoms with E-state index < -0.39 is 6.04 Å². The fraction of sp³-hybridized carbons (Fsp3) is 0.176. The Balaban J connectivity index is 1.55. The van der Waals surface area contributed by atoms with E-state index in [-0.39, 0.29) is 17.6 Å². The summed E-state index contributed by atoms with van der Waals surface area (Å²) in [5.41, 5.74) is 6.82. The van der Waals surface area contributed by atoms with Crippen LogP contribution < -0.4 is 15.0 Å². The lowest BCUT2D eigenvalue weighted by atomic mass is 9.78. The van der Waals surface area contributed by atoms with Crippen LogP contribution in [0.1, 0.15) is 51.8 Å². The van der Waals surface area contributed by atoms with E-state index in [4.69, 9.17) is 4.74 Å². The average Bonchev–Trinajstić information content (AvgIpc) is 3.12. The molecule has 4 aromatic rings. The molecule has 1 amide bonds. The van der Waals surface area contributed by atoms with Crippen LogP contribution in [-0.2, 0) is 4.79 Å². The van der Waals surface area contributed by atoms with Gasteiger partial charge in [-0.3, -0.25) is 14.5 Å². The van der Waals surface area contributed by atoms with Crippen LogP contribution in [0.3, 0.4) is 0 Å². The van der Waals surface area contributed by atoms with Crippen molar-refractivity contribution in [2.45, 2.75) is 31.7 Å². The summed E-state index contributed by atoms with van der Waals surface area (Å²) in [6, 6.07) is 32.6. The normalized spacial score (nSPS) is 18.5. The lowest BCUT2D eigenvalue weighted by molar-refractivity contribution is -0.116. The number of hydrogen-bond acceptors (Lipinski definition) is 4. The SMILES string of the molecule is COc1ccc([C@@H]2C3=C(C[C@@H](c4ccc(C)cc4)CC3=O)Nc3ccccc3N2C(=O)c2ccccc2)cc1. The van der Waals surface area contributed by atoms with Gasteiger partial charge < -0.3 is 10.1 Å². The van der Waals surface area contributed by atoms with Gasteiger partial charge in [0.2, 0.25) is 0 Å². The number of fused-ring (bicyclic) bond motifs is 1. The molecule has 0 fully saturated rings. The molecule has 1 aliphatic carbocycles. The number of para-hydroxylation sites is 2. The fourth-order valence-corrected chi connectivity index (χ4v) is 5.71. The average molecular weight is 515 g/mol. The Bertz CT molecular complexity index is 1560. The zero-order chi connectivity index (χ0) is 26.9. The van der Waals surface area contributed by atoms with Gasteiger partial charge in [-0.2, -0.15) is 0 Å². The summed E-state index contributed by atoms with van der Waals surface area (Å²) in [5.74, 6) is 0.668. The second-order valence-corrected chi connectivity index (χ2v) is 10.2. The summed E-state index contributed by atoms with van der Waals surface area (Å²) in [4.78, 5) is 30.2. The van der Waals surface area contributed by atoms with Gasteiger partial charge in [0.25, 0.3) is 5.91 Å². The predicted octanol–water partition coefficient (Wildman–Crippen LogP) is 7.22.